The molecule has 0 radical (unpaired) electrons. The van der Waals surface area contributed by atoms with Crippen molar-refractivity contribution in [3.63, 3.8) is 0 Å². The van der Waals surface area contributed by atoms with Gasteiger partial charge < -0.3 is 10.2 Å². The minimum Gasteiger partial charge on any atom is -0.312 e. The molecule has 0 amide bonds. The van der Waals surface area contributed by atoms with Gasteiger partial charge in [-0.15, -0.1) is 0 Å². The van der Waals surface area contributed by atoms with E-state index in [9.17, 15) is 0 Å². The predicted molar refractivity (Wildman–Crippen MR) is 78.6 cm³/mol. The van der Waals surface area contributed by atoms with Crippen LogP contribution < -0.4 is 5.32 Å². The first kappa shape index (κ1) is 12.6. The van der Waals surface area contributed by atoms with Crippen LogP contribution in [-0.2, 0) is 6.54 Å². The van der Waals surface area contributed by atoms with Crippen LogP contribution in [0.15, 0.2) is 28.7 Å². The van der Waals surface area contributed by atoms with Gasteiger partial charge in [0.2, 0.25) is 0 Å². The third-order valence-corrected chi connectivity index (χ3v) is 4.52. The zero-order valence-electron chi connectivity index (χ0n) is 10.7. The number of hydrogen-bond acceptors (Lipinski definition) is 2. The van der Waals surface area contributed by atoms with Gasteiger partial charge in [0.15, 0.2) is 0 Å². The van der Waals surface area contributed by atoms with Gasteiger partial charge in [-0.3, -0.25) is 0 Å². The molecule has 2 aliphatic rings. The Morgan fingerprint density at radius 3 is 2.94 bits per heavy atom. The Kier molecular flexibility index (Phi) is 4.02. The lowest BCUT2D eigenvalue weighted by Gasteiger charge is -2.15. The Hall–Kier alpha value is -0.380. The quantitative estimate of drug-likeness (QED) is 0.899. The molecular formula is C15H21BrN2. The number of rotatable bonds is 5. The third kappa shape index (κ3) is 3.34. The van der Waals surface area contributed by atoms with Crippen LogP contribution in [0.25, 0.3) is 0 Å². The number of hydrogen-bond donors (Lipinski definition) is 1. The summed E-state index contributed by atoms with van der Waals surface area (Å²) in [5.74, 6) is 0.859. The highest BCUT2D eigenvalue weighted by molar-refractivity contribution is 9.10. The van der Waals surface area contributed by atoms with Crippen LogP contribution >= 0.6 is 15.9 Å². The summed E-state index contributed by atoms with van der Waals surface area (Å²) in [5, 5.41) is 3.60. The lowest BCUT2D eigenvalue weighted by atomic mass is 10.1. The fourth-order valence-corrected chi connectivity index (χ4v) is 3.31. The minimum atomic E-state index is 0.859. The molecule has 0 aromatic heterocycles. The summed E-state index contributed by atoms with van der Waals surface area (Å²) in [4.78, 5) is 2.69. The summed E-state index contributed by atoms with van der Waals surface area (Å²) in [6.45, 7) is 4.79. The van der Waals surface area contributed by atoms with E-state index in [1.165, 1.54) is 42.4 Å². The summed E-state index contributed by atoms with van der Waals surface area (Å²) >= 11 is 3.52. The second-order valence-corrected chi connectivity index (χ2v) is 6.56. The van der Waals surface area contributed by atoms with E-state index in [0.717, 1.165) is 25.0 Å². The van der Waals surface area contributed by atoms with Crippen molar-refractivity contribution in [1.82, 2.24) is 10.2 Å². The van der Waals surface area contributed by atoms with Gasteiger partial charge in [0, 0.05) is 23.6 Å². The summed E-state index contributed by atoms with van der Waals surface area (Å²) in [7, 11) is 0. The van der Waals surface area contributed by atoms with E-state index in [1.807, 2.05) is 0 Å². The number of nitrogens with one attached hydrogen (secondary N) is 1. The first-order valence-corrected chi connectivity index (χ1v) is 7.80. The van der Waals surface area contributed by atoms with Crippen molar-refractivity contribution in [1.29, 1.82) is 0 Å². The van der Waals surface area contributed by atoms with Gasteiger partial charge in [0.25, 0.3) is 0 Å². The molecule has 1 aromatic rings. The van der Waals surface area contributed by atoms with E-state index in [4.69, 9.17) is 0 Å². The second-order valence-electron chi connectivity index (χ2n) is 5.64. The fourth-order valence-electron chi connectivity index (χ4n) is 2.87. The Balaban J connectivity index is 1.39. The molecule has 1 unspecified atom stereocenters. The Morgan fingerprint density at radius 2 is 2.17 bits per heavy atom. The van der Waals surface area contributed by atoms with Crippen LogP contribution in [0, 0.1) is 5.92 Å². The summed E-state index contributed by atoms with van der Waals surface area (Å²) in [6, 6.07) is 9.50. The zero-order valence-corrected chi connectivity index (χ0v) is 12.3. The second kappa shape index (κ2) is 5.72. The number of nitrogens with zero attached hydrogens (tertiary/aromatic N) is 1. The van der Waals surface area contributed by atoms with Crippen molar-refractivity contribution in [2.75, 3.05) is 19.6 Å². The zero-order chi connectivity index (χ0) is 12.4. The van der Waals surface area contributed by atoms with Crippen molar-refractivity contribution in [3.8, 4) is 0 Å². The SMILES string of the molecule is Brc1cccc(CNCC2CCN(C3CC3)C2)c1. The summed E-state index contributed by atoms with van der Waals surface area (Å²) < 4.78 is 1.17. The van der Waals surface area contributed by atoms with Gasteiger partial charge in [0.05, 0.1) is 0 Å². The van der Waals surface area contributed by atoms with Crippen LogP contribution in [0.4, 0.5) is 0 Å². The average Bonchev–Trinajstić information content (AvgIpc) is 3.10. The molecule has 1 atom stereocenters. The molecule has 1 heterocycles. The molecule has 1 aliphatic carbocycles. The van der Waals surface area contributed by atoms with Crippen molar-refractivity contribution in [2.24, 2.45) is 5.92 Å². The van der Waals surface area contributed by atoms with Crippen LogP contribution in [0.3, 0.4) is 0 Å². The molecule has 98 valence electrons. The van der Waals surface area contributed by atoms with Crippen molar-refractivity contribution in [3.05, 3.63) is 34.3 Å². The van der Waals surface area contributed by atoms with Crippen LogP contribution in [-0.4, -0.2) is 30.6 Å². The van der Waals surface area contributed by atoms with Crippen LogP contribution in [0.5, 0.6) is 0 Å². The number of likely N-dealkylation sites (tertiary alicyclic amines) is 1. The van der Waals surface area contributed by atoms with E-state index in [-0.39, 0.29) is 0 Å². The standard InChI is InChI=1S/C15H21BrN2/c16-14-3-1-2-12(8-14)9-17-10-13-6-7-18(11-13)15-4-5-15/h1-3,8,13,15,17H,4-7,9-11H2. The Morgan fingerprint density at radius 1 is 1.28 bits per heavy atom. The largest absolute Gasteiger partial charge is 0.312 e. The normalized spacial score (nSPS) is 24.6. The van der Waals surface area contributed by atoms with E-state index >= 15 is 0 Å². The molecule has 0 spiro atoms. The highest BCUT2D eigenvalue weighted by atomic mass is 79.9. The van der Waals surface area contributed by atoms with Gasteiger partial charge in [0.1, 0.15) is 0 Å². The van der Waals surface area contributed by atoms with Gasteiger partial charge in [-0.1, -0.05) is 28.1 Å². The molecule has 18 heavy (non-hydrogen) atoms. The highest BCUT2D eigenvalue weighted by Crippen LogP contribution is 2.31. The maximum atomic E-state index is 3.60. The maximum Gasteiger partial charge on any atom is 0.0206 e. The van der Waals surface area contributed by atoms with Crippen LogP contribution in [0.1, 0.15) is 24.8 Å². The highest BCUT2D eigenvalue weighted by Gasteiger charge is 2.33. The molecule has 1 saturated carbocycles. The first-order chi connectivity index (χ1) is 8.81. The van der Waals surface area contributed by atoms with Gasteiger partial charge in [-0.25, -0.2) is 0 Å². The van der Waals surface area contributed by atoms with Gasteiger partial charge in [-0.05, 0) is 56.0 Å². The van der Waals surface area contributed by atoms with Gasteiger partial charge in [-0.2, -0.15) is 0 Å². The molecule has 1 aliphatic heterocycles. The van der Waals surface area contributed by atoms with Crippen molar-refractivity contribution >= 4 is 15.9 Å². The minimum absolute atomic E-state index is 0.859. The molecule has 2 nitrogen and oxygen atoms in total. The monoisotopic (exact) mass is 308 g/mol. The summed E-state index contributed by atoms with van der Waals surface area (Å²) in [5.41, 5.74) is 1.36. The average molecular weight is 309 g/mol. The maximum absolute atomic E-state index is 3.60. The van der Waals surface area contributed by atoms with E-state index in [0.29, 0.717) is 0 Å². The molecular weight excluding hydrogens is 288 g/mol. The van der Waals surface area contributed by atoms with Crippen molar-refractivity contribution in [2.45, 2.75) is 31.8 Å². The Labute approximate surface area is 118 Å². The lowest BCUT2D eigenvalue weighted by Crippen LogP contribution is -2.27. The van der Waals surface area contributed by atoms with Crippen molar-refractivity contribution < 1.29 is 0 Å². The molecule has 1 N–H and O–H groups in total. The first-order valence-electron chi connectivity index (χ1n) is 7.00. The number of benzene rings is 1. The molecule has 3 heteroatoms. The van der Waals surface area contributed by atoms with E-state index in [2.05, 4.69) is 50.4 Å². The molecule has 2 fully saturated rings. The third-order valence-electron chi connectivity index (χ3n) is 4.03. The Bertz CT molecular complexity index is 403. The molecule has 3 rings (SSSR count). The topological polar surface area (TPSA) is 15.3 Å². The van der Waals surface area contributed by atoms with E-state index < -0.39 is 0 Å². The molecule has 0 bridgehead atoms. The molecule has 1 aromatic carbocycles. The predicted octanol–water partition coefficient (Wildman–Crippen LogP) is 3.02. The summed E-state index contributed by atoms with van der Waals surface area (Å²) in [6.07, 6.45) is 4.26. The molecule has 1 saturated heterocycles. The van der Waals surface area contributed by atoms with E-state index in [1.54, 1.807) is 0 Å². The van der Waals surface area contributed by atoms with Crippen LogP contribution in [0.2, 0.25) is 0 Å². The lowest BCUT2D eigenvalue weighted by molar-refractivity contribution is 0.312. The van der Waals surface area contributed by atoms with Gasteiger partial charge >= 0.3 is 0 Å². The number of halogens is 1. The fraction of sp³-hybridized carbons (Fsp3) is 0.600. The smallest absolute Gasteiger partial charge is 0.0206 e.